The van der Waals surface area contributed by atoms with Crippen molar-refractivity contribution in [3.05, 3.63) is 105 Å². The van der Waals surface area contributed by atoms with Gasteiger partial charge in [-0.3, -0.25) is 24.1 Å². The van der Waals surface area contributed by atoms with E-state index in [1.165, 1.54) is 4.90 Å². The Kier molecular flexibility index (Phi) is 10.6. The van der Waals surface area contributed by atoms with Crippen LogP contribution in [0.5, 0.6) is 0 Å². The average Bonchev–Trinajstić information content (AvgIpc) is 3.22. The molecule has 9 heteroatoms. The van der Waals surface area contributed by atoms with Gasteiger partial charge in [-0.15, -0.1) is 0 Å². The van der Waals surface area contributed by atoms with Crippen LogP contribution >= 0.6 is 23.2 Å². The molecule has 0 saturated heterocycles. The lowest BCUT2D eigenvalue weighted by atomic mass is 10.0. The Balaban J connectivity index is 1.55. The van der Waals surface area contributed by atoms with E-state index in [1.807, 2.05) is 37.3 Å². The third kappa shape index (κ3) is 7.54. The number of halogens is 2. The number of unbranched alkanes of at least 4 members (excludes halogenated alkanes) is 1. The van der Waals surface area contributed by atoms with Crippen LogP contribution in [-0.2, 0) is 22.6 Å². The zero-order chi connectivity index (χ0) is 29.4. The molecule has 7 nitrogen and oxygen atoms in total. The van der Waals surface area contributed by atoms with Gasteiger partial charge in [-0.1, -0.05) is 85.1 Å². The lowest BCUT2D eigenvalue weighted by Crippen LogP contribution is -2.50. The second-order valence-electron chi connectivity index (χ2n) is 10.0. The number of carbonyl (C=O) groups is 4. The largest absolute Gasteiger partial charge is 0.354 e. The van der Waals surface area contributed by atoms with Crippen LogP contribution in [0.1, 0.15) is 64.4 Å². The maximum absolute atomic E-state index is 13.8. The zero-order valence-corrected chi connectivity index (χ0v) is 24.5. The fraction of sp³-hybridized carbons (Fsp3) is 0.312. The molecule has 0 radical (unpaired) electrons. The monoisotopic (exact) mass is 593 g/mol. The third-order valence-corrected chi connectivity index (χ3v) is 7.83. The van der Waals surface area contributed by atoms with Crippen molar-refractivity contribution in [2.45, 2.75) is 51.6 Å². The zero-order valence-electron chi connectivity index (χ0n) is 22.9. The summed E-state index contributed by atoms with van der Waals surface area (Å²) in [6.07, 6.45) is 2.38. The Hall–Kier alpha value is -3.68. The van der Waals surface area contributed by atoms with E-state index in [0.717, 1.165) is 24.0 Å². The standard InChI is InChI=1S/C32H33Cl2N3O4/c1-2-3-17-35-30(39)28(20-22-10-5-4-6-11-22)37(21-23-15-16-26(33)27(34)19-23)29(38)14-9-18-36-31(40)24-12-7-8-13-25(24)32(36)41/h4-8,10-13,15-16,19,28H,2-3,9,14,17-18,20-21H2,1H3,(H,35,39). The number of imide groups is 1. The molecule has 1 atom stereocenters. The van der Waals surface area contributed by atoms with Gasteiger partial charge in [-0.05, 0) is 48.2 Å². The Labute approximate surface area is 250 Å². The van der Waals surface area contributed by atoms with E-state index in [0.29, 0.717) is 34.1 Å². The summed E-state index contributed by atoms with van der Waals surface area (Å²) >= 11 is 12.4. The molecule has 4 amide bonds. The van der Waals surface area contributed by atoms with Crippen LogP contribution in [0.25, 0.3) is 0 Å². The van der Waals surface area contributed by atoms with Gasteiger partial charge >= 0.3 is 0 Å². The van der Waals surface area contributed by atoms with Crippen molar-refractivity contribution in [3.63, 3.8) is 0 Å². The summed E-state index contributed by atoms with van der Waals surface area (Å²) in [5.41, 5.74) is 2.39. The van der Waals surface area contributed by atoms with Crippen LogP contribution in [0, 0.1) is 0 Å². The summed E-state index contributed by atoms with van der Waals surface area (Å²) < 4.78 is 0. The van der Waals surface area contributed by atoms with E-state index in [4.69, 9.17) is 23.2 Å². The van der Waals surface area contributed by atoms with E-state index in [1.54, 1.807) is 47.4 Å². The summed E-state index contributed by atoms with van der Waals surface area (Å²) in [5, 5.41) is 3.74. The second kappa shape index (κ2) is 14.3. The minimum Gasteiger partial charge on any atom is -0.354 e. The van der Waals surface area contributed by atoms with Crippen molar-refractivity contribution >= 4 is 46.8 Å². The van der Waals surface area contributed by atoms with Crippen LogP contribution in [0.3, 0.4) is 0 Å². The van der Waals surface area contributed by atoms with Crippen LogP contribution < -0.4 is 5.32 Å². The molecule has 0 aromatic heterocycles. The molecule has 41 heavy (non-hydrogen) atoms. The normalized spacial score (nSPS) is 13.2. The first-order valence-corrected chi connectivity index (χ1v) is 14.6. The Bertz CT molecular complexity index is 1380. The lowest BCUT2D eigenvalue weighted by Gasteiger charge is -2.32. The fourth-order valence-electron chi connectivity index (χ4n) is 4.87. The van der Waals surface area contributed by atoms with Gasteiger partial charge < -0.3 is 10.2 Å². The summed E-state index contributed by atoms with van der Waals surface area (Å²) in [6.45, 7) is 2.80. The van der Waals surface area contributed by atoms with Gasteiger partial charge in [-0.2, -0.15) is 0 Å². The fourth-order valence-corrected chi connectivity index (χ4v) is 5.19. The number of rotatable bonds is 13. The van der Waals surface area contributed by atoms with Gasteiger partial charge in [0.05, 0.1) is 21.2 Å². The molecule has 1 heterocycles. The van der Waals surface area contributed by atoms with E-state index in [-0.39, 0.29) is 49.6 Å². The molecule has 1 unspecified atom stereocenters. The highest BCUT2D eigenvalue weighted by Crippen LogP contribution is 2.26. The number of fused-ring (bicyclic) bond motifs is 1. The topological polar surface area (TPSA) is 86.8 Å². The van der Waals surface area contributed by atoms with Gasteiger partial charge in [-0.25, -0.2) is 0 Å². The number of hydrogen-bond acceptors (Lipinski definition) is 4. The maximum atomic E-state index is 13.8. The second-order valence-corrected chi connectivity index (χ2v) is 10.8. The third-order valence-electron chi connectivity index (χ3n) is 7.09. The van der Waals surface area contributed by atoms with E-state index >= 15 is 0 Å². The quantitative estimate of drug-likeness (QED) is 0.197. The number of benzene rings is 3. The molecule has 3 aromatic rings. The number of carbonyl (C=O) groups excluding carboxylic acids is 4. The average molecular weight is 595 g/mol. The van der Waals surface area contributed by atoms with E-state index in [2.05, 4.69) is 5.32 Å². The predicted octanol–water partition coefficient (Wildman–Crippen LogP) is 5.93. The summed E-state index contributed by atoms with van der Waals surface area (Å²) in [7, 11) is 0. The Morgan fingerprint density at radius 3 is 2.15 bits per heavy atom. The van der Waals surface area contributed by atoms with Crippen molar-refractivity contribution in [1.29, 1.82) is 0 Å². The molecule has 0 aliphatic carbocycles. The van der Waals surface area contributed by atoms with Gasteiger partial charge in [0.15, 0.2) is 0 Å². The minimum atomic E-state index is -0.782. The van der Waals surface area contributed by atoms with Crippen LogP contribution in [-0.4, -0.2) is 52.6 Å². The molecular weight excluding hydrogens is 561 g/mol. The molecule has 1 aliphatic rings. The van der Waals surface area contributed by atoms with Gasteiger partial charge in [0, 0.05) is 32.5 Å². The van der Waals surface area contributed by atoms with Crippen molar-refractivity contribution in [1.82, 2.24) is 15.1 Å². The molecule has 4 rings (SSSR count). The number of amides is 4. The van der Waals surface area contributed by atoms with Gasteiger partial charge in [0.25, 0.3) is 11.8 Å². The van der Waals surface area contributed by atoms with E-state index in [9.17, 15) is 19.2 Å². The predicted molar refractivity (Wildman–Crippen MR) is 160 cm³/mol. The molecule has 0 bridgehead atoms. The number of nitrogens with zero attached hydrogens (tertiary/aromatic N) is 2. The highest BCUT2D eigenvalue weighted by Gasteiger charge is 2.35. The van der Waals surface area contributed by atoms with Crippen LogP contribution in [0.2, 0.25) is 10.0 Å². The van der Waals surface area contributed by atoms with Gasteiger partial charge in [0.1, 0.15) is 6.04 Å². The molecule has 214 valence electrons. The summed E-state index contributed by atoms with van der Waals surface area (Å²) in [5.74, 6) is -1.22. The van der Waals surface area contributed by atoms with Gasteiger partial charge in [0.2, 0.25) is 11.8 Å². The molecule has 1 aliphatic heterocycles. The highest BCUT2D eigenvalue weighted by molar-refractivity contribution is 6.42. The number of nitrogens with one attached hydrogen (secondary N) is 1. The first-order valence-electron chi connectivity index (χ1n) is 13.8. The molecular formula is C32H33Cl2N3O4. The molecule has 0 saturated carbocycles. The molecule has 0 fully saturated rings. The van der Waals surface area contributed by atoms with Crippen molar-refractivity contribution in [2.24, 2.45) is 0 Å². The summed E-state index contributed by atoms with van der Waals surface area (Å²) in [4.78, 5) is 55.6. The smallest absolute Gasteiger partial charge is 0.261 e. The lowest BCUT2D eigenvalue weighted by molar-refractivity contribution is -0.141. The van der Waals surface area contributed by atoms with Crippen LogP contribution in [0.15, 0.2) is 72.8 Å². The Morgan fingerprint density at radius 2 is 1.51 bits per heavy atom. The maximum Gasteiger partial charge on any atom is 0.261 e. The highest BCUT2D eigenvalue weighted by atomic mass is 35.5. The molecule has 1 N–H and O–H groups in total. The molecule has 3 aromatic carbocycles. The van der Waals surface area contributed by atoms with Crippen molar-refractivity contribution < 1.29 is 19.2 Å². The first-order chi connectivity index (χ1) is 19.8. The molecule has 0 spiro atoms. The van der Waals surface area contributed by atoms with Crippen LogP contribution in [0.4, 0.5) is 0 Å². The minimum absolute atomic E-state index is 0.0439. The van der Waals surface area contributed by atoms with Crippen molar-refractivity contribution in [2.75, 3.05) is 13.1 Å². The Morgan fingerprint density at radius 1 is 0.854 bits per heavy atom. The summed E-state index contributed by atoms with van der Waals surface area (Å²) in [6, 6.07) is 20.6. The first kappa shape index (κ1) is 30.3. The SMILES string of the molecule is CCCCNC(=O)C(Cc1ccccc1)N(Cc1ccc(Cl)c(Cl)c1)C(=O)CCCN1C(=O)c2ccccc2C1=O. The van der Waals surface area contributed by atoms with Crippen molar-refractivity contribution in [3.8, 4) is 0 Å². The van der Waals surface area contributed by atoms with E-state index < -0.39 is 6.04 Å². The number of hydrogen-bond donors (Lipinski definition) is 1.